The fourth-order valence-electron chi connectivity index (χ4n) is 2.39. The lowest BCUT2D eigenvalue weighted by atomic mass is 10.1. The molecular formula is C21H27NO4. The molecule has 26 heavy (non-hydrogen) atoms. The lowest BCUT2D eigenvalue weighted by Crippen LogP contribution is -2.43. The van der Waals surface area contributed by atoms with Gasteiger partial charge in [0.25, 0.3) is 5.91 Å². The monoisotopic (exact) mass is 357 g/mol. The van der Waals surface area contributed by atoms with Crippen molar-refractivity contribution in [1.82, 2.24) is 5.32 Å². The summed E-state index contributed by atoms with van der Waals surface area (Å²) in [5.41, 5.74) is 2.18. The van der Waals surface area contributed by atoms with Crippen LogP contribution in [0.5, 0.6) is 17.2 Å². The fourth-order valence-corrected chi connectivity index (χ4v) is 2.39. The summed E-state index contributed by atoms with van der Waals surface area (Å²) < 4.78 is 16.6. The Morgan fingerprint density at radius 3 is 2.35 bits per heavy atom. The summed E-state index contributed by atoms with van der Waals surface area (Å²) in [5, 5.41) is 2.91. The highest BCUT2D eigenvalue weighted by molar-refractivity contribution is 5.81. The first-order valence-corrected chi connectivity index (χ1v) is 8.70. The van der Waals surface area contributed by atoms with Gasteiger partial charge in [-0.3, -0.25) is 4.79 Å². The van der Waals surface area contributed by atoms with Crippen LogP contribution in [0, 0.1) is 13.8 Å². The quantitative estimate of drug-likeness (QED) is 0.783. The van der Waals surface area contributed by atoms with Crippen molar-refractivity contribution in [2.45, 2.75) is 39.8 Å². The second kappa shape index (κ2) is 9.13. The predicted molar refractivity (Wildman–Crippen MR) is 102 cm³/mol. The number of nitrogens with one attached hydrogen (secondary N) is 1. The van der Waals surface area contributed by atoms with Gasteiger partial charge < -0.3 is 19.5 Å². The molecule has 1 N–H and O–H groups in total. The number of carbonyl (C=O) groups excluding carboxylic acids is 1. The molecule has 2 atom stereocenters. The minimum absolute atomic E-state index is 0.144. The molecule has 2 aromatic rings. The Bertz CT molecular complexity index is 727. The molecule has 5 heteroatoms. The van der Waals surface area contributed by atoms with Crippen LogP contribution in [0.2, 0.25) is 0 Å². The van der Waals surface area contributed by atoms with E-state index < -0.39 is 6.10 Å². The minimum Gasteiger partial charge on any atom is -0.497 e. The Hall–Kier alpha value is -2.69. The Kier molecular flexibility index (Phi) is 6.89. The van der Waals surface area contributed by atoms with Gasteiger partial charge in [-0.2, -0.15) is 0 Å². The molecule has 0 saturated carbocycles. The molecule has 0 aliphatic carbocycles. The predicted octanol–water partition coefficient (Wildman–Crippen LogP) is 3.66. The second-order valence-corrected chi connectivity index (χ2v) is 6.35. The van der Waals surface area contributed by atoms with Crippen LogP contribution in [0.25, 0.3) is 0 Å². The summed E-state index contributed by atoms with van der Waals surface area (Å²) in [7, 11) is 1.62. The average Bonchev–Trinajstić information content (AvgIpc) is 2.64. The SMILES string of the molecule is COc1ccc(OC[C@H](C)NC(=O)[C@H](C)Oc2cccc(C)c2C)cc1. The zero-order valence-corrected chi connectivity index (χ0v) is 16.0. The molecule has 0 heterocycles. The summed E-state index contributed by atoms with van der Waals surface area (Å²) in [6, 6.07) is 13.0. The molecule has 1 amide bonds. The number of ether oxygens (including phenoxy) is 3. The highest BCUT2D eigenvalue weighted by atomic mass is 16.5. The van der Waals surface area contributed by atoms with Gasteiger partial charge in [-0.1, -0.05) is 12.1 Å². The number of rotatable bonds is 8. The highest BCUT2D eigenvalue weighted by Gasteiger charge is 2.18. The average molecular weight is 357 g/mol. The van der Waals surface area contributed by atoms with Gasteiger partial charge in [-0.25, -0.2) is 0 Å². The van der Waals surface area contributed by atoms with E-state index in [4.69, 9.17) is 14.2 Å². The first-order chi connectivity index (χ1) is 12.4. The first kappa shape index (κ1) is 19.6. The van der Waals surface area contributed by atoms with Crippen molar-refractivity contribution < 1.29 is 19.0 Å². The summed E-state index contributed by atoms with van der Waals surface area (Å²) in [6.45, 7) is 8.01. The molecular weight excluding hydrogens is 330 g/mol. The van der Waals surface area contributed by atoms with Crippen LogP contribution in [0.3, 0.4) is 0 Å². The molecule has 0 saturated heterocycles. The molecule has 0 fully saturated rings. The third-order valence-corrected chi connectivity index (χ3v) is 4.18. The van der Waals surface area contributed by atoms with Crippen molar-refractivity contribution in [2.24, 2.45) is 0 Å². The van der Waals surface area contributed by atoms with E-state index in [9.17, 15) is 4.79 Å². The first-order valence-electron chi connectivity index (χ1n) is 8.70. The zero-order chi connectivity index (χ0) is 19.1. The molecule has 0 aliphatic rings. The normalized spacial score (nSPS) is 12.8. The largest absolute Gasteiger partial charge is 0.497 e. The van der Waals surface area contributed by atoms with E-state index in [0.717, 1.165) is 28.4 Å². The maximum Gasteiger partial charge on any atom is 0.261 e. The molecule has 0 radical (unpaired) electrons. The van der Waals surface area contributed by atoms with E-state index >= 15 is 0 Å². The number of carbonyl (C=O) groups is 1. The molecule has 0 bridgehead atoms. The van der Waals surface area contributed by atoms with E-state index in [1.165, 1.54) is 0 Å². The van der Waals surface area contributed by atoms with Gasteiger partial charge in [0.2, 0.25) is 0 Å². The van der Waals surface area contributed by atoms with Gasteiger partial charge in [-0.15, -0.1) is 0 Å². The van der Waals surface area contributed by atoms with Gasteiger partial charge in [0.05, 0.1) is 13.2 Å². The smallest absolute Gasteiger partial charge is 0.261 e. The van der Waals surface area contributed by atoms with E-state index in [2.05, 4.69) is 5.32 Å². The summed E-state index contributed by atoms with van der Waals surface area (Å²) in [6.07, 6.45) is -0.584. The van der Waals surface area contributed by atoms with E-state index in [1.54, 1.807) is 14.0 Å². The van der Waals surface area contributed by atoms with Crippen LogP contribution >= 0.6 is 0 Å². The molecule has 2 rings (SSSR count). The van der Waals surface area contributed by atoms with Crippen LogP contribution in [-0.4, -0.2) is 31.8 Å². The lowest BCUT2D eigenvalue weighted by molar-refractivity contribution is -0.128. The lowest BCUT2D eigenvalue weighted by Gasteiger charge is -2.20. The van der Waals surface area contributed by atoms with Gasteiger partial charge in [0.15, 0.2) is 6.10 Å². The van der Waals surface area contributed by atoms with Crippen LogP contribution in [0.1, 0.15) is 25.0 Å². The third-order valence-electron chi connectivity index (χ3n) is 4.18. The summed E-state index contributed by atoms with van der Waals surface area (Å²) in [4.78, 5) is 12.3. The van der Waals surface area contributed by atoms with Crippen molar-refractivity contribution in [1.29, 1.82) is 0 Å². The Morgan fingerprint density at radius 1 is 1.04 bits per heavy atom. The number of amides is 1. The molecule has 2 aromatic carbocycles. The number of aryl methyl sites for hydroxylation is 1. The number of hydrogen-bond donors (Lipinski definition) is 1. The Labute approximate surface area is 155 Å². The van der Waals surface area contributed by atoms with Gasteiger partial charge >= 0.3 is 0 Å². The van der Waals surface area contributed by atoms with Crippen molar-refractivity contribution in [2.75, 3.05) is 13.7 Å². The Balaban J connectivity index is 1.82. The summed E-state index contributed by atoms with van der Waals surface area (Å²) >= 11 is 0. The number of benzene rings is 2. The Morgan fingerprint density at radius 2 is 1.69 bits per heavy atom. The van der Waals surface area contributed by atoms with Crippen LogP contribution in [0.15, 0.2) is 42.5 Å². The van der Waals surface area contributed by atoms with Crippen LogP contribution < -0.4 is 19.5 Å². The summed E-state index contributed by atoms with van der Waals surface area (Å²) in [5.74, 6) is 2.06. The molecule has 5 nitrogen and oxygen atoms in total. The molecule has 0 aromatic heterocycles. The van der Waals surface area contributed by atoms with Gasteiger partial charge in [-0.05, 0) is 69.2 Å². The molecule has 0 spiro atoms. The fraction of sp³-hybridized carbons (Fsp3) is 0.381. The topological polar surface area (TPSA) is 56.8 Å². The van der Waals surface area contributed by atoms with Crippen molar-refractivity contribution in [3.8, 4) is 17.2 Å². The van der Waals surface area contributed by atoms with Crippen LogP contribution in [0.4, 0.5) is 0 Å². The standard InChI is InChI=1S/C21H27NO4/c1-14-7-6-8-20(16(14)3)26-17(4)21(23)22-15(2)13-25-19-11-9-18(24-5)10-12-19/h6-12,15,17H,13H2,1-5H3,(H,22,23)/t15-,17-/m0/s1. The number of methoxy groups -OCH3 is 1. The zero-order valence-electron chi connectivity index (χ0n) is 16.0. The molecule has 140 valence electrons. The van der Waals surface area contributed by atoms with Gasteiger partial charge in [0.1, 0.15) is 23.9 Å². The van der Waals surface area contributed by atoms with E-state index in [1.807, 2.05) is 63.2 Å². The molecule has 0 aliphatic heterocycles. The van der Waals surface area contributed by atoms with Gasteiger partial charge in [0, 0.05) is 0 Å². The van der Waals surface area contributed by atoms with E-state index in [0.29, 0.717) is 6.61 Å². The second-order valence-electron chi connectivity index (χ2n) is 6.35. The number of hydrogen-bond acceptors (Lipinski definition) is 4. The highest BCUT2D eigenvalue weighted by Crippen LogP contribution is 2.22. The minimum atomic E-state index is -0.584. The molecule has 0 unspecified atom stereocenters. The van der Waals surface area contributed by atoms with Crippen molar-refractivity contribution in [3.63, 3.8) is 0 Å². The van der Waals surface area contributed by atoms with Crippen molar-refractivity contribution >= 4 is 5.91 Å². The van der Waals surface area contributed by atoms with E-state index in [-0.39, 0.29) is 11.9 Å². The van der Waals surface area contributed by atoms with Crippen LogP contribution in [-0.2, 0) is 4.79 Å². The third kappa shape index (κ3) is 5.41. The maximum atomic E-state index is 12.3. The van der Waals surface area contributed by atoms with Crippen molar-refractivity contribution in [3.05, 3.63) is 53.6 Å². The maximum absolute atomic E-state index is 12.3.